The van der Waals surface area contributed by atoms with Crippen molar-refractivity contribution >= 4 is 12.3 Å². The second kappa shape index (κ2) is 13.3. The number of nitrogens with one attached hydrogen (secondary N) is 2. The van der Waals surface area contributed by atoms with E-state index in [1.807, 2.05) is 6.92 Å². The van der Waals surface area contributed by atoms with Crippen molar-refractivity contribution in [2.75, 3.05) is 26.2 Å². The van der Waals surface area contributed by atoms with Crippen molar-refractivity contribution in [1.82, 2.24) is 15.5 Å². The second-order valence-corrected chi connectivity index (χ2v) is 13.2. The molecule has 5 rings (SSSR count). The molecule has 5 aliphatic rings. The van der Waals surface area contributed by atoms with Crippen LogP contribution in [0.3, 0.4) is 0 Å². The number of carbonyl (C=O) groups excluding carboxylic acids is 1. The molecular weight excluding hydrogens is 505 g/mol. The average Bonchev–Trinajstić information content (AvgIpc) is 3.80. The van der Waals surface area contributed by atoms with Gasteiger partial charge in [-0.2, -0.15) is 0 Å². The van der Waals surface area contributed by atoms with Crippen molar-refractivity contribution in [3.63, 3.8) is 0 Å². The molecule has 0 radical (unpaired) electrons. The van der Waals surface area contributed by atoms with Gasteiger partial charge in [0.25, 0.3) is 0 Å². The van der Waals surface area contributed by atoms with Gasteiger partial charge in [-0.1, -0.05) is 26.0 Å². The first-order chi connectivity index (χ1) is 19.4. The van der Waals surface area contributed by atoms with Crippen LogP contribution in [0.5, 0.6) is 0 Å². The minimum absolute atomic E-state index is 0.117. The third-order valence-electron chi connectivity index (χ3n) is 10.5. The number of aldehydes is 1. The number of piperidine rings is 1. The molecule has 6 nitrogen and oxygen atoms in total. The second-order valence-electron chi connectivity index (χ2n) is 13.2. The van der Waals surface area contributed by atoms with Gasteiger partial charge in [0.2, 0.25) is 0 Å². The first-order valence-corrected chi connectivity index (χ1v) is 16.0. The van der Waals surface area contributed by atoms with Crippen molar-refractivity contribution < 1.29 is 19.1 Å². The Labute approximate surface area is 239 Å². The highest BCUT2D eigenvalue weighted by Gasteiger charge is 2.40. The maximum Gasteiger partial charge on any atom is 0.308 e. The van der Waals surface area contributed by atoms with Crippen LogP contribution in [0, 0.1) is 29.6 Å². The smallest absolute Gasteiger partial charge is 0.308 e. The van der Waals surface area contributed by atoms with Crippen LogP contribution in [0.1, 0.15) is 84.5 Å². The molecule has 0 spiro atoms. The van der Waals surface area contributed by atoms with Gasteiger partial charge in [0.1, 0.15) is 12.5 Å². The molecule has 0 aromatic heterocycles. The van der Waals surface area contributed by atoms with Gasteiger partial charge in [0, 0.05) is 42.9 Å². The largest absolute Gasteiger partial charge is 0.481 e. The molecule has 0 amide bonds. The van der Waals surface area contributed by atoms with Crippen molar-refractivity contribution in [2.24, 2.45) is 29.6 Å². The Morgan fingerprint density at radius 2 is 2.00 bits per heavy atom. The Morgan fingerprint density at radius 3 is 2.62 bits per heavy atom. The van der Waals surface area contributed by atoms with Crippen molar-refractivity contribution in [3.05, 3.63) is 34.6 Å². The Morgan fingerprint density at radius 1 is 1.23 bits per heavy atom. The van der Waals surface area contributed by atoms with Crippen LogP contribution in [0.25, 0.3) is 0 Å². The van der Waals surface area contributed by atoms with E-state index >= 15 is 0 Å². The van der Waals surface area contributed by atoms with Crippen LogP contribution in [0.2, 0.25) is 0 Å². The van der Waals surface area contributed by atoms with Gasteiger partial charge in [0.05, 0.1) is 5.92 Å². The van der Waals surface area contributed by atoms with Gasteiger partial charge in [-0.15, -0.1) is 0 Å². The van der Waals surface area contributed by atoms with E-state index in [2.05, 4.69) is 34.6 Å². The molecule has 3 N–H and O–H groups in total. The fourth-order valence-electron chi connectivity index (χ4n) is 7.78. The number of carbonyl (C=O) groups is 2. The van der Waals surface area contributed by atoms with Gasteiger partial charge in [0.15, 0.2) is 0 Å². The van der Waals surface area contributed by atoms with E-state index in [1.54, 1.807) is 5.57 Å². The van der Waals surface area contributed by atoms with E-state index in [0.717, 1.165) is 69.6 Å². The van der Waals surface area contributed by atoms with Crippen LogP contribution < -0.4 is 10.6 Å². The molecule has 0 aromatic rings. The number of halogens is 1. The van der Waals surface area contributed by atoms with Gasteiger partial charge < -0.3 is 20.6 Å². The maximum atomic E-state index is 13.8. The van der Waals surface area contributed by atoms with Crippen molar-refractivity contribution in [1.29, 1.82) is 0 Å². The number of carboxylic acids is 1. The van der Waals surface area contributed by atoms with Gasteiger partial charge >= 0.3 is 5.97 Å². The first kappa shape index (κ1) is 29.5. The highest BCUT2D eigenvalue weighted by atomic mass is 19.1. The van der Waals surface area contributed by atoms with Gasteiger partial charge in [-0.3, -0.25) is 9.59 Å². The number of carboxylic acid groups (broad SMARTS) is 1. The molecule has 0 aromatic carbocycles. The zero-order valence-corrected chi connectivity index (χ0v) is 24.5. The summed E-state index contributed by atoms with van der Waals surface area (Å²) in [5, 5.41) is 16.6. The Bertz CT molecular complexity index is 1010. The molecule has 2 unspecified atom stereocenters. The van der Waals surface area contributed by atoms with E-state index < -0.39 is 18.1 Å². The molecule has 222 valence electrons. The van der Waals surface area contributed by atoms with Gasteiger partial charge in [-0.05, 0) is 112 Å². The first-order valence-electron chi connectivity index (χ1n) is 16.0. The van der Waals surface area contributed by atoms with Crippen molar-refractivity contribution in [2.45, 2.75) is 103 Å². The summed E-state index contributed by atoms with van der Waals surface area (Å²) >= 11 is 0. The number of hydrogen-bond donors (Lipinski definition) is 3. The standard InChI is InChI=1S/C33H50FN3O3/c1-3-31-30(33(39)40)18-25(20-38)32(36-31)10-13-35-27-11-14-37(15-12-27)19-24-17-29(22-4-5-22)28(16-21(24)2)23-6-8-26(34)9-7-23/h6,16,20-22,24,26-27,29-31,35-36H,3-5,7-15,17-19H2,1-2H3,(H,39,40)/t21-,24?,26-,29?,30-,31-/m0/s1. The molecule has 1 saturated heterocycles. The third kappa shape index (κ3) is 7.07. The quantitative estimate of drug-likeness (QED) is 0.296. The summed E-state index contributed by atoms with van der Waals surface area (Å²) in [6, 6.07) is 0.370. The molecule has 40 heavy (non-hydrogen) atoms. The minimum atomic E-state index is -0.831. The summed E-state index contributed by atoms with van der Waals surface area (Å²) in [5.74, 6) is 1.43. The van der Waals surface area contributed by atoms with E-state index in [0.29, 0.717) is 48.6 Å². The van der Waals surface area contributed by atoms with Crippen LogP contribution in [-0.2, 0) is 9.59 Å². The van der Waals surface area contributed by atoms with Crippen LogP contribution in [0.4, 0.5) is 4.39 Å². The maximum absolute atomic E-state index is 13.8. The summed E-state index contributed by atoms with van der Waals surface area (Å²) < 4.78 is 13.8. The summed E-state index contributed by atoms with van der Waals surface area (Å²) in [6.07, 6.45) is 15.2. The summed E-state index contributed by atoms with van der Waals surface area (Å²) in [7, 11) is 0. The number of aliphatic carboxylic acids is 1. The molecule has 2 heterocycles. The van der Waals surface area contributed by atoms with Crippen LogP contribution in [0.15, 0.2) is 34.6 Å². The van der Waals surface area contributed by atoms with Crippen LogP contribution >= 0.6 is 0 Å². The fraction of sp³-hybridized carbons (Fsp3) is 0.758. The summed E-state index contributed by atoms with van der Waals surface area (Å²) in [5.41, 5.74) is 4.56. The zero-order chi connectivity index (χ0) is 28.2. The Balaban J connectivity index is 1.09. The lowest BCUT2D eigenvalue weighted by molar-refractivity contribution is -0.143. The van der Waals surface area contributed by atoms with Gasteiger partial charge in [-0.25, -0.2) is 4.39 Å². The normalized spacial score (nSPS) is 34.2. The zero-order valence-electron chi connectivity index (χ0n) is 24.5. The summed E-state index contributed by atoms with van der Waals surface area (Å²) in [4.78, 5) is 25.9. The van der Waals surface area contributed by atoms with E-state index in [-0.39, 0.29) is 6.04 Å². The lowest BCUT2D eigenvalue weighted by Crippen LogP contribution is -2.46. The van der Waals surface area contributed by atoms with E-state index in [4.69, 9.17) is 0 Å². The number of nitrogens with zero attached hydrogens (tertiary/aromatic N) is 1. The highest BCUT2D eigenvalue weighted by Crippen LogP contribution is 2.50. The molecule has 3 aliphatic carbocycles. The third-order valence-corrected chi connectivity index (χ3v) is 10.5. The fourth-order valence-corrected chi connectivity index (χ4v) is 7.78. The number of rotatable bonds is 11. The predicted molar refractivity (Wildman–Crippen MR) is 157 cm³/mol. The van der Waals surface area contributed by atoms with Crippen LogP contribution in [-0.4, -0.2) is 66.7 Å². The Hall–Kier alpha value is -1.99. The molecule has 0 bridgehead atoms. The molecule has 1 saturated carbocycles. The highest BCUT2D eigenvalue weighted by molar-refractivity contribution is 5.79. The molecule has 6 atom stereocenters. The van der Waals surface area contributed by atoms with E-state index in [1.165, 1.54) is 31.4 Å². The number of alkyl halides is 1. The van der Waals surface area contributed by atoms with Crippen molar-refractivity contribution in [3.8, 4) is 0 Å². The Kier molecular flexibility index (Phi) is 9.83. The predicted octanol–water partition coefficient (Wildman–Crippen LogP) is 5.41. The number of hydrogen-bond acceptors (Lipinski definition) is 5. The summed E-state index contributed by atoms with van der Waals surface area (Å²) in [6.45, 7) is 8.60. The SMILES string of the molecule is CC[C@@H]1NC(CCNC2CCN(CC3CC(C4CC4)C(C4=CC[C@H](F)CC4)=C[C@@H]3C)CC2)=C(C=O)C[C@@H]1C(=O)O. The average molecular weight is 556 g/mol. The molecule has 2 fully saturated rings. The topological polar surface area (TPSA) is 81.7 Å². The molecule has 7 heteroatoms. The minimum Gasteiger partial charge on any atom is -0.481 e. The number of allylic oxidation sites excluding steroid dienone is 5. The number of likely N-dealkylation sites (tertiary alicyclic amines) is 1. The van der Waals surface area contributed by atoms with E-state index in [9.17, 15) is 19.1 Å². The lowest BCUT2D eigenvalue weighted by atomic mass is 9.70. The lowest BCUT2D eigenvalue weighted by Gasteiger charge is -2.40. The monoisotopic (exact) mass is 555 g/mol. The molecule has 2 aliphatic heterocycles. The molecular formula is C33H50FN3O3.